The van der Waals surface area contributed by atoms with E-state index in [1.54, 1.807) is 0 Å². The predicted octanol–water partition coefficient (Wildman–Crippen LogP) is 0.997. The Hall–Kier alpha value is -0.610. The zero-order valence-corrected chi connectivity index (χ0v) is 11.0. The van der Waals surface area contributed by atoms with Crippen LogP contribution in [0.2, 0.25) is 0 Å². The third-order valence-corrected chi connectivity index (χ3v) is 3.35. The number of hydrogen-bond acceptors (Lipinski definition) is 3. The Kier molecular flexibility index (Phi) is 7.21. The highest BCUT2D eigenvalue weighted by molar-refractivity contribution is 5.78. The summed E-state index contributed by atoms with van der Waals surface area (Å²) in [5, 5.41) is 12.1. The molecule has 100 valence electrons. The molecule has 4 heteroatoms. The first-order valence-electron chi connectivity index (χ1n) is 6.83. The smallest absolute Gasteiger partial charge is 0.236 e. The van der Waals surface area contributed by atoms with Crippen molar-refractivity contribution in [3.05, 3.63) is 0 Å². The average Bonchev–Trinajstić information content (AvgIpc) is 2.38. The SMILES string of the molecule is CC(CO)CCCNCC(=O)N1CCCCC1. The second-order valence-corrected chi connectivity index (χ2v) is 5.05. The molecule has 0 aromatic rings. The lowest BCUT2D eigenvalue weighted by Crippen LogP contribution is -2.41. The summed E-state index contributed by atoms with van der Waals surface area (Å²) in [5.74, 6) is 0.606. The molecule has 0 bridgehead atoms. The standard InChI is InChI=1S/C13H26N2O2/c1-12(11-16)6-5-7-14-10-13(17)15-8-3-2-4-9-15/h12,14,16H,2-11H2,1H3. The van der Waals surface area contributed by atoms with Gasteiger partial charge in [0.2, 0.25) is 5.91 Å². The van der Waals surface area contributed by atoms with Crippen LogP contribution in [-0.4, -0.2) is 48.7 Å². The van der Waals surface area contributed by atoms with Crippen molar-refractivity contribution in [3.63, 3.8) is 0 Å². The molecular weight excluding hydrogens is 216 g/mol. The van der Waals surface area contributed by atoms with E-state index < -0.39 is 0 Å². The highest BCUT2D eigenvalue weighted by Crippen LogP contribution is 2.08. The van der Waals surface area contributed by atoms with E-state index in [-0.39, 0.29) is 12.5 Å². The minimum Gasteiger partial charge on any atom is -0.396 e. The summed E-state index contributed by atoms with van der Waals surface area (Å²) >= 11 is 0. The van der Waals surface area contributed by atoms with Crippen LogP contribution in [0.1, 0.15) is 39.0 Å². The lowest BCUT2D eigenvalue weighted by atomic mass is 10.1. The second kappa shape index (κ2) is 8.48. The average molecular weight is 242 g/mol. The Bertz CT molecular complexity index is 215. The Labute approximate surface area is 104 Å². The fourth-order valence-electron chi connectivity index (χ4n) is 2.12. The number of carbonyl (C=O) groups excluding carboxylic acids is 1. The molecule has 0 aliphatic carbocycles. The maximum atomic E-state index is 11.8. The van der Waals surface area contributed by atoms with Crippen molar-refractivity contribution in [2.45, 2.75) is 39.0 Å². The first-order valence-corrected chi connectivity index (χ1v) is 6.83. The first kappa shape index (κ1) is 14.5. The number of piperidine rings is 1. The van der Waals surface area contributed by atoms with Crippen LogP contribution in [0.3, 0.4) is 0 Å². The summed E-state index contributed by atoms with van der Waals surface area (Å²) in [6.45, 7) is 5.49. The van der Waals surface area contributed by atoms with Gasteiger partial charge in [0.25, 0.3) is 0 Å². The number of nitrogens with zero attached hydrogens (tertiary/aromatic N) is 1. The van der Waals surface area contributed by atoms with Crippen LogP contribution in [0.4, 0.5) is 0 Å². The molecule has 1 amide bonds. The minimum atomic E-state index is 0.236. The summed E-state index contributed by atoms with van der Waals surface area (Å²) in [6, 6.07) is 0. The van der Waals surface area contributed by atoms with Gasteiger partial charge in [0.1, 0.15) is 0 Å². The van der Waals surface area contributed by atoms with Gasteiger partial charge in [0.15, 0.2) is 0 Å². The molecule has 1 heterocycles. The fourth-order valence-corrected chi connectivity index (χ4v) is 2.12. The van der Waals surface area contributed by atoms with Crippen LogP contribution in [0, 0.1) is 5.92 Å². The number of likely N-dealkylation sites (tertiary alicyclic amines) is 1. The van der Waals surface area contributed by atoms with Gasteiger partial charge < -0.3 is 15.3 Å². The van der Waals surface area contributed by atoms with Crippen molar-refractivity contribution in [1.82, 2.24) is 10.2 Å². The summed E-state index contributed by atoms with van der Waals surface area (Å²) in [7, 11) is 0. The van der Waals surface area contributed by atoms with E-state index in [0.29, 0.717) is 12.5 Å². The van der Waals surface area contributed by atoms with Gasteiger partial charge >= 0.3 is 0 Å². The normalized spacial score (nSPS) is 18.1. The molecule has 0 saturated carbocycles. The Morgan fingerprint density at radius 3 is 2.71 bits per heavy atom. The molecule has 0 aromatic carbocycles. The number of nitrogens with one attached hydrogen (secondary N) is 1. The van der Waals surface area contributed by atoms with Gasteiger partial charge in [-0.05, 0) is 44.6 Å². The third-order valence-electron chi connectivity index (χ3n) is 3.35. The van der Waals surface area contributed by atoms with Gasteiger partial charge in [-0.15, -0.1) is 0 Å². The van der Waals surface area contributed by atoms with Crippen molar-refractivity contribution in [3.8, 4) is 0 Å². The van der Waals surface area contributed by atoms with Crippen LogP contribution in [0.5, 0.6) is 0 Å². The molecule has 1 saturated heterocycles. The number of aliphatic hydroxyl groups excluding tert-OH is 1. The lowest BCUT2D eigenvalue weighted by molar-refractivity contribution is -0.131. The molecule has 0 aromatic heterocycles. The number of rotatable bonds is 7. The molecule has 1 aliphatic heterocycles. The molecule has 0 spiro atoms. The zero-order valence-electron chi connectivity index (χ0n) is 11.0. The molecule has 1 unspecified atom stereocenters. The molecule has 2 N–H and O–H groups in total. The van der Waals surface area contributed by atoms with E-state index in [1.807, 2.05) is 11.8 Å². The van der Waals surface area contributed by atoms with E-state index >= 15 is 0 Å². The third kappa shape index (κ3) is 6.03. The maximum absolute atomic E-state index is 11.8. The van der Waals surface area contributed by atoms with Gasteiger partial charge in [-0.1, -0.05) is 6.92 Å². The maximum Gasteiger partial charge on any atom is 0.236 e. The molecule has 1 aliphatic rings. The largest absolute Gasteiger partial charge is 0.396 e. The molecule has 1 fully saturated rings. The molecule has 0 radical (unpaired) electrons. The van der Waals surface area contributed by atoms with Gasteiger partial charge in [-0.3, -0.25) is 4.79 Å². The van der Waals surface area contributed by atoms with Crippen LogP contribution >= 0.6 is 0 Å². The van der Waals surface area contributed by atoms with Gasteiger partial charge in [-0.25, -0.2) is 0 Å². The lowest BCUT2D eigenvalue weighted by Gasteiger charge is -2.26. The summed E-state index contributed by atoms with van der Waals surface area (Å²) in [4.78, 5) is 13.7. The molecule has 4 nitrogen and oxygen atoms in total. The van der Waals surface area contributed by atoms with Crippen LogP contribution in [0.15, 0.2) is 0 Å². The van der Waals surface area contributed by atoms with Crippen LogP contribution in [0.25, 0.3) is 0 Å². The number of carbonyl (C=O) groups is 1. The van der Waals surface area contributed by atoms with Crippen molar-refractivity contribution >= 4 is 5.91 Å². The Morgan fingerprint density at radius 2 is 2.06 bits per heavy atom. The molecule has 17 heavy (non-hydrogen) atoms. The Balaban J connectivity index is 2.00. The highest BCUT2D eigenvalue weighted by Gasteiger charge is 2.15. The van der Waals surface area contributed by atoms with Crippen molar-refractivity contribution in [2.75, 3.05) is 32.8 Å². The summed E-state index contributed by atoms with van der Waals surface area (Å²) in [6.07, 6.45) is 5.60. The van der Waals surface area contributed by atoms with E-state index in [1.165, 1.54) is 6.42 Å². The summed E-state index contributed by atoms with van der Waals surface area (Å²) < 4.78 is 0. The fraction of sp³-hybridized carbons (Fsp3) is 0.923. The number of aliphatic hydroxyl groups is 1. The van der Waals surface area contributed by atoms with E-state index in [2.05, 4.69) is 5.32 Å². The van der Waals surface area contributed by atoms with E-state index in [9.17, 15) is 4.79 Å². The van der Waals surface area contributed by atoms with Crippen LogP contribution < -0.4 is 5.32 Å². The van der Waals surface area contributed by atoms with Crippen molar-refractivity contribution in [1.29, 1.82) is 0 Å². The quantitative estimate of drug-likeness (QED) is 0.655. The summed E-state index contributed by atoms with van der Waals surface area (Å²) in [5.41, 5.74) is 0. The van der Waals surface area contributed by atoms with Crippen molar-refractivity contribution < 1.29 is 9.90 Å². The van der Waals surface area contributed by atoms with Gasteiger partial charge in [-0.2, -0.15) is 0 Å². The second-order valence-electron chi connectivity index (χ2n) is 5.05. The van der Waals surface area contributed by atoms with E-state index in [0.717, 1.165) is 45.3 Å². The number of hydrogen-bond donors (Lipinski definition) is 2. The minimum absolute atomic E-state index is 0.236. The monoisotopic (exact) mass is 242 g/mol. The van der Waals surface area contributed by atoms with Gasteiger partial charge in [0, 0.05) is 19.7 Å². The van der Waals surface area contributed by atoms with Crippen molar-refractivity contribution in [2.24, 2.45) is 5.92 Å². The molecule has 1 rings (SSSR count). The van der Waals surface area contributed by atoms with Gasteiger partial charge in [0.05, 0.1) is 6.54 Å². The molecular formula is C13H26N2O2. The zero-order chi connectivity index (χ0) is 12.5. The highest BCUT2D eigenvalue weighted by atomic mass is 16.3. The topological polar surface area (TPSA) is 52.6 Å². The predicted molar refractivity (Wildman–Crippen MR) is 68.8 cm³/mol. The molecule has 1 atom stereocenters. The van der Waals surface area contributed by atoms with Crippen LogP contribution in [-0.2, 0) is 4.79 Å². The number of amides is 1. The Morgan fingerprint density at radius 1 is 1.35 bits per heavy atom. The first-order chi connectivity index (χ1) is 8.24. The van der Waals surface area contributed by atoms with E-state index in [4.69, 9.17) is 5.11 Å².